The van der Waals surface area contributed by atoms with E-state index in [-0.39, 0.29) is 6.04 Å². The maximum Gasteiger partial charge on any atom is 0.123 e. The minimum absolute atomic E-state index is 0.208. The third kappa shape index (κ3) is 3.85. The van der Waals surface area contributed by atoms with Crippen molar-refractivity contribution in [3.05, 3.63) is 46.8 Å². The summed E-state index contributed by atoms with van der Waals surface area (Å²) < 4.78 is 7.49. The van der Waals surface area contributed by atoms with Gasteiger partial charge in [0.15, 0.2) is 0 Å². The molecule has 1 unspecified atom stereocenters. The molecule has 0 aliphatic rings. The van der Waals surface area contributed by atoms with Crippen LogP contribution in [-0.4, -0.2) is 22.9 Å². The normalized spacial score (nSPS) is 12.4. The van der Waals surface area contributed by atoms with Crippen molar-refractivity contribution in [2.45, 2.75) is 46.2 Å². The number of aromatic nitrogens is 2. The second-order valence-electron chi connectivity index (χ2n) is 5.60. The number of aryl methyl sites for hydroxylation is 2. The Morgan fingerprint density at radius 3 is 2.62 bits per heavy atom. The maximum absolute atomic E-state index is 6.06. The van der Waals surface area contributed by atoms with Crippen LogP contribution in [0.25, 0.3) is 0 Å². The van der Waals surface area contributed by atoms with Crippen LogP contribution in [0.3, 0.4) is 0 Å². The molecule has 2 aromatic rings. The van der Waals surface area contributed by atoms with Crippen LogP contribution in [0, 0.1) is 13.8 Å². The van der Waals surface area contributed by atoms with Gasteiger partial charge in [0.25, 0.3) is 0 Å². The first kappa shape index (κ1) is 15.6. The number of hydrogen-bond donors (Lipinski definition) is 1. The van der Waals surface area contributed by atoms with Gasteiger partial charge >= 0.3 is 0 Å². The minimum atomic E-state index is 0.208. The zero-order valence-corrected chi connectivity index (χ0v) is 13.4. The average Bonchev–Trinajstić information content (AvgIpc) is 2.77. The van der Waals surface area contributed by atoms with E-state index < -0.39 is 0 Å². The van der Waals surface area contributed by atoms with E-state index in [4.69, 9.17) is 10.5 Å². The Morgan fingerprint density at radius 1 is 1.29 bits per heavy atom. The summed E-state index contributed by atoms with van der Waals surface area (Å²) in [4.78, 5) is 0. The fraction of sp³-hybridized carbons (Fsp3) is 0.471. The van der Waals surface area contributed by atoms with E-state index in [2.05, 4.69) is 37.1 Å². The van der Waals surface area contributed by atoms with Gasteiger partial charge in [0.1, 0.15) is 5.75 Å². The second kappa shape index (κ2) is 6.76. The Kier molecular flexibility index (Phi) is 5.02. The minimum Gasteiger partial charge on any atom is -0.496 e. The summed E-state index contributed by atoms with van der Waals surface area (Å²) in [5, 5.41) is 4.52. The van der Waals surface area contributed by atoms with E-state index in [1.54, 1.807) is 7.11 Å². The highest BCUT2D eigenvalue weighted by molar-refractivity contribution is 5.38. The van der Waals surface area contributed by atoms with E-state index in [9.17, 15) is 0 Å². The largest absolute Gasteiger partial charge is 0.496 e. The number of rotatable bonds is 6. The fourth-order valence-electron chi connectivity index (χ4n) is 2.53. The lowest BCUT2D eigenvalue weighted by Crippen LogP contribution is -2.21. The van der Waals surface area contributed by atoms with Crippen LogP contribution in [0.2, 0.25) is 0 Å². The molecule has 0 bridgehead atoms. The van der Waals surface area contributed by atoms with Gasteiger partial charge in [-0.1, -0.05) is 19.1 Å². The van der Waals surface area contributed by atoms with Gasteiger partial charge in [-0.15, -0.1) is 0 Å². The summed E-state index contributed by atoms with van der Waals surface area (Å²) in [7, 11) is 1.71. The van der Waals surface area contributed by atoms with Crippen molar-refractivity contribution < 1.29 is 4.74 Å². The Labute approximate surface area is 126 Å². The van der Waals surface area contributed by atoms with Gasteiger partial charge in [0.2, 0.25) is 0 Å². The fourth-order valence-corrected chi connectivity index (χ4v) is 2.53. The van der Waals surface area contributed by atoms with Gasteiger partial charge in [0.05, 0.1) is 19.3 Å². The Morgan fingerprint density at radius 2 is 2.05 bits per heavy atom. The lowest BCUT2D eigenvalue weighted by atomic mass is 10.0. The van der Waals surface area contributed by atoms with Crippen molar-refractivity contribution in [1.82, 2.24) is 9.78 Å². The molecule has 0 saturated carbocycles. The summed E-state index contributed by atoms with van der Waals surface area (Å²) in [6.45, 7) is 6.92. The van der Waals surface area contributed by atoms with Gasteiger partial charge in [-0.25, -0.2) is 0 Å². The molecule has 2 N–H and O–H groups in total. The van der Waals surface area contributed by atoms with Gasteiger partial charge in [0, 0.05) is 17.3 Å². The van der Waals surface area contributed by atoms with Crippen LogP contribution in [0.15, 0.2) is 24.3 Å². The van der Waals surface area contributed by atoms with E-state index in [1.807, 2.05) is 17.7 Å². The molecule has 114 valence electrons. The molecule has 0 radical (unpaired) electrons. The number of ether oxygens (including phenoxy) is 1. The quantitative estimate of drug-likeness (QED) is 0.889. The first-order valence-electron chi connectivity index (χ1n) is 7.46. The molecule has 1 aromatic heterocycles. The van der Waals surface area contributed by atoms with Gasteiger partial charge in [-0.3, -0.25) is 4.68 Å². The molecule has 0 aliphatic carbocycles. The van der Waals surface area contributed by atoms with E-state index >= 15 is 0 Å². The first-order valence-corrected chi connectivity index (χ1v) is 7.46. The zero-order valence-electron chi connectivity index (χ0n) is 13.4. The molecule has 1 heterocycles. The highest BCUT2D eigenvalue weighted by Gasteiger charge is 2.10. The predicted molar refractivity (Wildman–Crippen MR) is 85.8 cm³/mol. The molecule has 4 nitrogen and oxygen atoms in total. The third-order valence-corrected chi connectivity index (χ3v) is 3.79. The highest BCUT2D eigenvalue weighted by Crippen LogP contribution is 2.22. The van der Waals surface area contributed by atoms with Crippen molar-refractivity contribution in [1.29, 1.82) is 0 Å². The van der Waals surface area contributed by atoms with Gasteiger partial charge in [-0.05, 0) is 44.4 Å². The summed E-state index contributed by atoms with van der Waals surface area (Å²) in [5.41, 5.74) is 10.6. The second-order valence-corrected chi connectivity index (χ2v) is 5.60. The molecule has 0 spiro atoms. The van der Waals surface area contributed by atoms with E-state index in [0.29, 0.717) is 0 Å². The maximum atomic E-state index is 6.06. The molecule has 1 aromatic carbocycles. The highest BCUT2D eigenvalue weighted by atomic mass is 16.5. The monoisotopic (exact) mass is 287 g/mol. The van der Waals surface area contributed by atoms with Gasteiger partial charge < -0.3 is 10.5 Å². The van der Waals surface area contributed by atoms with Crippen LogP contribution in [0.1, 0.15) is 35.9 Å². The van der Waals surface area contributed by atoms with E-state index in [1.165, 1.54) is 5.56 Å². The molecule has 0 fully saturated rings. The summed E-state index contributed by atoms with van der Waals surface area (Å²) in [6, 6.07) is 8.60. The zero-order chi connectivity index (χ0) is 15.4. The molecule has 21 heavy (non-hydrogen) atoms. The number of hydrogen-bond acceptors (Lipinski definition) is 3. The smallest absolute Gasteiger partial charge is 0.123 e. The van der Waals surface area contributed by atoms with Crippen LogP contribution < -0.4 is 10.5 Å². The number of benzene rings is 1. The lowest BCUT2D eigenvalue weighted by Gasteiger charge is -2.14. The molecular weight excluding hydrogens is 262 g/mol. The number of nitrogens with zero attached hydrogens (tertiary/aromatic N) is 2. The topological polar surface area (TPSA) is 53.1 Å². The van der Waals surface area contributed by atoms with Gasteiger partial charge in [-0.2, -0.15) is 5.10 Å². The Balaban J connectivity index is 2.27. The van der Waals surface area contributed by atoms with Crippen molar-refractivity contribution in [3.63, 3.8) is 0 Å². The van der Waals surface area contributed by atoms with Crippen LogP contribution in [0.4, 0.5) is 0 Å². The first-order chi connectivity index (χ1) is 10.0. The molecule has 4 heteroatoms. The molecular formula is C17H25N3O. The summed E-state index contributed by atoms with van der Waals surface area (Å²) in [5.74, 6) is 0.899. The number of nitrogens with two attached hydrogens (primary N) is 1. The van der Waals surface area contributed by atoms with Crippen molar-refractivity contribution in [3.8, 4) is 5.75 Å². The Bertz CT molecular complexity index is 604. The van der Waals surface area contributed by atoms with Crippen molar-refractivity contribution >= 4 is 0 Å². The number of methoxy groups -OCH3 is 1. The molecule has 0 saturated heterocycles. The SMILES string of the molecule is CCC(N)Cc1ccc(OC)c(Cn2nc(C)cc2C)c1. The summed E-state index contributed by atoms with van der Waals surface area (Å²) >= 11 is 0. The average molecular weight is 287 g/mol. The summed E-state index contributed by atoms with van der Waals surface area (Å²) in [6.07, 6.45) is 1.88. The van der Waals surface area contributed by atoms with E-state index in [0.717, 1.165) is 42.1 Å². The molecule has 0 aliphatic heterocycles. The third-order valence-electron chi connectivity index (χ3n) is 3.79. The van der Waals surface area contributed by atoms with Crippen LogP contribution >= 0.6 is 0 Å². The van der Waals surface area contributed by atoms with Crippen LogP contribution in [0.5, 0.6) is 5.75 Å². The molecule has 0 amide bonds. The van der Waals surface area contributed by atoms with Crippen LogP contribution in [-0.2, 0) is 13.0 Å². The Hall–Kier alpha value is -1.81. The lowest BCUT2D eigenvalue weighted by molar-refractivity contribution is 0.406. The van der Waals surface area contributed by atoms with Crippen molar-refractivity contribution in [2.75, 3.05) is 7.11 Å². The predicted octanol–water partition coefficient (Wildman–Crippen LogP) is 2.84. The molecule has 2 rings (SSSR count). The standard InChI is InChI=1S/C17H25N3O/c1-5-16(18)10-14-6-7-17(21-4)15(9-14)11-20-13(3)8-12(2)19-20/h6-9,16H,5,10-11,18H2,1-4H3. The molecule has 1 atom stereocenters. The van der Waals surface area contributed by atoms with Crippen molar-refractivity contribution in [2.24, 2.45) is 5.73 Å².